The fraction of sp³-hybridized carbons (Fsp3) is 0.600. The highest BCUT2D eigenvalue weighted by Gasteiger charge is 2.20. The zero-order valence-electron chi connectivity index (χ0n) is 5.35. The second-order valence-electron chi connectivity index (χ2n) is 1.53. The molecule has 0 atom stereocenters. The van der Waals surface area contributed by atoms with Crippen molar-refractivity contribution in [2.24, 2.45) is 0 Å². The Hall–Kier alpha value is -1.07. The van der Waals surface area contributed by atoms with Crippen LogP contribution >= 0.6 is 0 Å². The normalized spacial score (nSPS) is 9.82. The van der Waals surface area contributed by atoms with Gasteiger partial charge in [-0.25, -0.2) is 4.79 Å². The van der Waals surface area contributed by atoms with Crippen LogP contribution in [0.5, 0.6) is 0 Å². The lowest BCUT2D eigenvalue weighted by Crippen LogP contribution is -2.19. The Bertz CT molecular complexity index is 157. The fourth-order valence-corrected chi connectivity index (χ4v) is 0.285. The first-order chi connectivity index (χ1) is 5.07. The van der Waals surface area contributed by atoms with Crippen LogP contribution in [0.15, 0.2) is 0 Å². The quantitative estimate of drug-likeness (QED) is 0.462. The van der Waals surface area contributed by atoms with E-state index in [1.165, 1.54) is 0 Å². The Morgan fingerprint density at radius 3 is 2.27 bits per heavy atom. The molecule has 0 aliphatic rings. The molecule has 0 radical (unpaired) electrons. The second-order valence-corrected chi connectivity index (χ2v) is 1.53. The van der Waals surface area contributed by atoms with Gasteiger partial charge in [0.1, 0.15) is 0 Å². The highest BCUT2D eigenvalue weighted by Crippen LogP contribution is 1.97. The smallest absolute Gasteiger partial charge is 0.381 e. The highest BCUT2D eigenvalue weighted by molar-refractivity contribution is 5.87. The number of alkyl halides is 3. The first kappa shape index (κ1) is 9.93. The van der Waals surface area contributed by atoms with Crippen molar-refractivity contribution in [1.29, 1.82) is 0 Å². The maximum Gasteiger partial charge on any atom is 0.381 e. The molecule has 0 N–H and O–H groups in total. The molecule has 0 fully saturated rings. The molecule has 3 nitrogen and oxygen atoms in total. The van der Waals surface area contributed by atoms with Crippen molar-refractivity contribution >= 4 is 11.9 Å². The van der Waals surface area contributed by atoms with Crippen molar-refractivity contribution in [3.63, 3.8) is 0 Å². The predicted octanol–water partition coefficient (Wildman–Crippen LogP) is 0.681. The first-order valence-electron chi connectivity index (χ1n) is 2.66. The Morgan fingerprint density at radius 2 is 1.91 bits per heavy atom. The van der Waals surface area contributed by atoms with Crippen LogP contribution in [0.25, 0.3) is 0 Å². The molecule has 0 aromatic heterocycles. The molecule has 0 aliphatic carbocycles. The van der Waals surface area contributed by atoms with Crippen LogP contribution in [0, 0.1) is 0 Å². The second kappa shape index (κ2) is 4.70. The van der Waals surface area contributed by atoms with Gasteiger partial charge in [0.25, 0.3) is 0 Å². The van der Waals surface area contributed by atoms with Crippen LogP contribution in [0.1, 0.15) is 6.42 Å². The largest absolute Gasteiger partial charge is 0.389 e. The lowest BCUT2D eigenvalue weighted by atomic mass is 10.5. The van der Waals surface area contributed by atoms with Crippen LogP contribution < -0.4 is 0 Å². The molecule has 0 aromatic carbocycles. The van der Waals surface area contributed by atoms with Gasteiger partial charge in [0.05, 0.1) is 13.1 Å². The summed E-state index contributed by atoms with van der Waals surface area (Å²) in [6.07, 6.45) is -4.03. The van der Waals surface area contributed by atoms with Gasteiger partial charge >= 0.3 is 18.4 Å². The van der Waals surface area contributed by atoms with E-state index < -0.39 is 31.5 Å². The van der Waals surface area contributed by atoms with Gasteiger partial charge in [0, 0.05) is 0 Å². The van der Waals surface area contributed by atoms with Gasteiger partial charge in [0.2, 0.25) is 0 Å². The van der Waals surface area contributed by atoms with Crippen LogP contribution in [0.4, 0.5) is 13.2 Å². The van der Waals surface area contributed by atoms with Crippen molar-refractivity contribution < 1.29 is 27.5 Å². The van der Waals surface area contributed by atoms with Crippen LogP contribution in [0.3, 0.4) is 0 Å². The molecule has 0 heterocycles. The molecule has 0 amide bonds. The molecule has 0 rings (SSSR count). The molecule has 0 bridgehead atoms. The Balaban J connectivity index is 3.67. The molecule has 0 aromatic rings. The fourth-order valence-electron chi connectivity index (χ4n) is 0.285. The third-order valence-electron chi connectivity index (χ3n) is 0.691. The zero-order chi connectivity index (χ0) is 8.85. The van der Waals surface area contributed by atoms with E-state index in [1.807, 2.05) is 0 Å². The summed E-state index contributed by atoms with van der Waals surface area (Å²) in [6, 6.07) is 0. The summed E-state index contributed by atoms with van der Waals surface area (Å²) in [5.74, 6) is -3.22. The summed E-state index contributed by atoms with van der Waals surface area (Å²) >= 11 is 0. The van der Waals surface area contributed by atoms with E-state index in [1.54, 1.807) is 0 Å². The van der Waals surface area contributed by atoms with E-state index in [2.05, 4.69) is 4.74 Å². The van der Waals surface area contributed by atoms with Gasteiger partial charge in [-0.05, 0) is 0 Å². The Kier molecular flexibility index (Phi) is 4.24. The molecule has 0 unspecified atom stereocenters. The van der Waals surface area contributed by atoms with Crippen LogP contribution in [-0.4, -0.2) is 25.0 Å². The Morgan fingerprint density at radius 1 is 1.36 bits per heavy atom. The zero-order valence-corrected chi connectivity index (χ0v) is 5.35. The summed E-state index contributed by atoms with van der Waals surface area (Å²) in [5.41, 5.74) is 0. The predicted molar refractivity (Wildman–Crippen MR) is 27.7 cm³/mol. The van der Waals surface area contributed by atoms with E-state index in [0.29, 0.717) is 0 Å². The maximum absolute atomic E-state index is 11.3. The number of carbonyl (C=O) groups is 2. The first-order valence-corrected chi connectivity index (χ1v) is 2.66. The maximum atomic E-state index is 11.3. The minimum Gasteiger partial charge on any atom is -0.389 e. The van der Waals surface area contributed by atoms with Crippen molar-refractivity contribution in [2.75, 3.05) is 6.67 Å². The van der Waals surface area contributed by atoms with Crippen molar-refractivity contribution in [1.82, 2.24) is 0 Å². The summed E-state index contributed by atoms with van der Waals surface area (Å²) in [6.45, 7) is -1.03. The van der Waals surface area contributed by atoms with Gasteiger partial charge in [-0.3, -0.25) is 9.18 Å². The van der Waals surface area contributed by atoms with Gasteiger partial charge in [-0.1, -0.05) is 0 Å². The lowest BCUT2D eigenvalue weighted by molar-refractivity contribution is -0.167. The van der Waals surface area contributed by atoms with E-state index >= 15 is 0 Å². The summed E-state index contributed by atoms with van der Waals surface area (Å²) < 4.78 is 37.4. The average Bonchev–Trinajstić information content (AvgIpc) is 1.87. The van der Waals surface area contributed by atoms with Gasteiger partial charge in [-0.15, -0.1) is 0 Å². The van der Waals surface area contributed by atoms with Crippen molar-refractivity contribution in [3.05, 3.63) is 0 Å². The number of rotatable bonds is 3. The van der Waals surface area contributed by atoms with Crippen molar-refractivity contribution in [3.8, 4) is 0 Å². The third-order valence-corrected chi connectivity index (χ3v) is 0.691. The summed E-state index contributed by atoms with van der Waals surface area (Å²) in [4.78, 5) is 20.1. The summed E-state index contributed by atoms with van der Waals surface area (Å²) in [5, 5.41) is 0. The molecule has 0 saturated carbocycles. The van der Waals surface area contributed by atoms with E-state index in [9.17, 15) is 22.8 Å². The van der Waals surface area contributed by atoms with E-state index in [4.69, 9.17) is 0 Å². The van der Waals surface area contributed by atoms with Gasteiger partial charge in [0.15, 0.2) is 0 Å². The SMILES string of the molecule is O=C(CCF)OC(=O)C(F)F. The number of halogens is 3. The highest BCUT2D eigenvalue weighted by atomic mass is 19.3. The van der Waals surface area contributed by atoms with Crippen LogP contribution in [-0.2, 0) is 14.3 Å². The molecular weight excluding hydrogens is 165 g/mol. The number of hydrogen-bond acceptors (Lipinski definition) is 3. The standard InChI is InChI=1S/C5H5F3O3/c6-2-1-3(9)11-5(10)4(7)8/h4H,1-2H2. The number of carbonyl (C=O) groups excluding carboxylic acids is 2. The molecule has 64 valence electrons. The molecule has 0 saturated heterocycles. The Labute approximate surface area is 60.1 Å². The lowest BCUT2D eigenvalue weighted by Gasteiger charge is -1.98. The third kappa shape index (κ3) is 4.35. The number of ether oxygens (including phenoxy) is 1. The van der Waals surface area contributed by atoms with Crippen LogP contribution in [0.2, 0.25) is 0 Å². The minimum atomic E-state index is -3.35. The molecule has 6 heteroatoms. The molecular formula is C5H5F3O3. The molecule has 11 heavy (non-hydrogen) atoms. The van der Waals surface area contributed by atoms with E-state index in [-0.39, 0.29) is 0 Å². The summed E-state index contributed by atoms with van der Waals surface area (Å²) in [7, 11) is 0. The van der Waals surface area contributed by atoms with Crippen molar-refractivity contribution in [2.45, 2.75) is 12.8 Å². The van der Waals surface area contributed by atoms with Gasteiger partial charge in [-0.2, -0.15) is 8.78 Å². The number of esters is 2. The van der Waals surface area contributed by atoms with E-state index in [0.717, 1.165) is 0 Å². The monoisotopic (exact) mass is 170 g/mol. The topological polar surface area (TPSA) is 43.4 Å². The molecule has 0 aliphatic heterocycles. The molecule has 0 spiro atoms. The van der Waals surface area contributed by atoms with Gasteiger partial charge < -0.3 is 4.74 Å². The minimum absolute atomic E-state index is 0.682. The number of hydrogen-bond donors (Lipinski definition) is 0. The average molecular weight is 170 g/mol.